The van der Waals surface area contributed by atoms with Crippen LogP contribution in [0.2, 0.25) is 0 Å². The van der Waals surface area contributed by atoms with E-state index in [2.05, 4.69) is 59.2 Å². The number of aromatic nitrogens is 1. The first-order valence-electron chi connectivity index (χ1n) is 5.02. The average molecular weight is 267 g/mol. The van der Waals surface area contributed by atoms with Gasteiger partial charge < -0.3 is 10.7 Å². The van der Waals surface area contributed by atoms with Gasteiger partial charge in [0.05, 0.1) is 0 Å². The second-order valence-corrected chi connectivity index (χ2v) is 5.40. The lowest BCUT2D eigenvalue weighted by Crippen LogP contribution is -2.27. The van der Waals surface area contributed by atoms with Gasteiger partial charge >= 0.3 is 0 Å². The lowest BCUT2D eigenvalue weighted by atomic mass is 9.85. The maximum Gasteiger partial charge on any atom is 0.0468 e. The highest BCUT2D eigenvalue weighted by molar-refractivity contribution is 9.10. The fourth-order valence-corrected chi connectivity index (χ4v) is 2.13. The Morgan fingerprint density at radius 3 is 2.80 bits per heavy atom. The summed E-state index contributed by atoms with van der Waals surface area (Å²) in [6.45, 7) is 4.98. The molecule has 2 rings (SSSR count). The molecule has 1 heterocycles. The van der Waals surface area contributed by atoms with Crippen molar-refractivity contribution in [3.63, 3.8) is 0 Å². The Labute approximate surface area is 98.0 Å². The monoisotopic (exact) mass is 266 g/mol. The molecular formula is C12H15BrN2. The molecule has 0 amide bonds. The molecule has 2 nitrogen and oxygen atoms in total. The molecule has 0 saturated carbocycles. The first kappa shape index (κ1) is 10.7. The number of benzene rings is 1. The van der Waals surface area contributed by atoms with E-state index < -0.39 is 0 Å². The molecule has 3 heteroatoms. The van der Waals surface area contributed by atoms with E-state index in [1.54, 1.807) is 0 Å². The molecule has 0 atom stereocenters. The van der Waals surface area contributed by atoms with Gasteiger partial charge in [-0.05, 0) is 17.7 Å². The van der Waals surface area contributed by atoms with Crippen LogP contribution in [0.4, 0.5) is 0 Å². The van der Waals surface area contributed by atoms with Crippen molar-refractivity contribution < 1.29 is 0 Å². The molecule has 3 N–H and O–H groups in total. The van der Waals surface area contributed by atoms with Crippen molar-refractivity contribution in [3.05, 3.63) is 34.4 Å². The van der Waals surface area contributed by atoms with Gasteiger partial charge in [-0.3, -0.25) is 0 Å². The normalized spacial score (nSPS) is 12.3. The summed E-state index contributed by atoms with van der Waals surface area (Å²) < 4.78 is 1.09. The lowest BCUT2D eigenvalue weighted by Gasteiger charge is -2.21. The summed E-state index contributed by atoms with van der Waals surface area (Å²) in [4.78, 5) is 3.28. The van der Waals surface area contributed by atoms with Gasteiger partial charge in [-0.1, -0.05) is 35.8 Å². The smallest absolute Gasteiger partial charge is 0.0468 e. The standard InChI is InChI=1S/C12H15BrN2/c1-12(2,7-14)10-6-15-11-5-8(13)3-4-9(10)11/h3-6,15H,7,14H2,1-2H3. The highest BCUT2D eigenvalue weighted by atomic mass is 79.9. The predicted octanol–water partition coefficient (Wildman–Crippen LogP) is 3.17. The fourth-order valence-electron chi connectivity index (χ4n) is 1.77. The van der Waals surface area contributed by atoms with Gasteiger partial charge in [0, 0.05) is 33.5 Å². The molecule has 0 aliphatic rings. The molecule has 80 valence electrons. The number of halogens is 1. The molecule has 0 aliphatic heterocycles. The topological polar surface area (TPSA) is 41.8 Å². The van der Waals surface area contributed by atoms with Crippen LogP contribution in [0.3, 0.4) is 0 Å². The van der Waals surface area contributed by atoms with E-state index in [-0.39, 0.29) is 5.41 Å². The Balaban J connectivity index is 2.64. The van der Waals surface area contributed by atoms with Crippen LogP contribution in [0.5, 0.6) is 0 Å². The van der Waals surface area contributed by atoms with Gasteiger partial charge in [-0.15, -0.1) is 0 Å². The number of rotatable bonds is 2. The predicted molar refractivity (Wildman–Crippen MR) is 68.1 cm³/mol. The first-order chi connectivity index (χ1) is 7.04. The van der Waals surface area contributed by atoms with E-state index in [9.17, 15) is 0 Å². The molecule has 1 aromatic carbocycles. The summed E-state index contributed by atoms with van der Waals surface area (Å²) in [5, 5.41) is 1.26. The van der Waals surface area contributed by atoms with Crippen molar-refractivity contribution >= 4 is 26.8 Å². The first-order valence-corrected chi connectivity index (χ1v) is 5.81. The zero-order valence-electron chi connectivity index (χ0n) is 8.97. The van der Waals surface area contributed by atoms with Gasteiger partial charge in [-0.25, -0.2) is 0 Å². The Bertz CT molecular complexity index is 485. The van der Waals surface area contributed by atoms with Crippen molar-refractivity contribution in [1.82, 2.24) is 4.98 Å². The molecule has 0 fully saturated rings. The van der Waals surface area contributed by atoms with Crippen molar-refractivity contribution in [2.75, 3.05) is 6.54 Å². The molecule has 0 bridgehead atoms. The van der Waals surface area contributed by atoms with Gasteiger partial charge in [0.15, 0.2) is 0 Å². The zero-order chi connectivity index (χ0) is 11.1. The van der Waals surface area contributed by atoms with Crippen LogP contribution in [-0.2, 0) is 5.41 Å². The third-order valence-electron chi connectivity index (χ3n) is 2.88. The molecule has 1 aromatic heterocycles. The Morgan fingerprint density at radius 1 is 1.40 bits per heavy atom. The summed E-state index contributed by atoms with van der Waals surface area (Å²) in [6.07, 6.45) is 2.06. The van der Waals surface area contributed by atoms with Gasteiger partial charge in [0.25, 0.3) is 0 Å². The molecule has 2 aromatic rings. The van der Waals surface area contributed by atoms with Crippen LogP contribution >= 0.6 is 15.9 Å². The lowest BCUT2D eigenvalue weighted by molar-refractivity contribution is 0.544. The van der Waals surface area contributed by atoms with Crippen LogP contribution in [0.15, 0.2) is 28.9 Å². The summed E-state index contributed by atoms with van der Waals surface area (Å²) in [5.74, 6) is 0. The summed E-state index contributed by atoms with van der Waals surface area (Å²) in [5.41, 5.74) is 8.25. The van der Waals surface area contributed by atoms with Gasteiger partial charge in [-0.2, -0.15) is 0 Å². The molecule has 0 unspecified atom stereocenters. The number of H-pyrrole nitrogens is 1. The summed E-state index contributed by atoms with van der Waals surface area (Å²) in [7, 11) is 0. The zero-order valence-corrected chi connectivity index (χ0v) is 10.6. The fraction of sp³-hybridized carbons (Fsp3) is 0.333. The summed E-state index contributed by atoms with van der Waals surface area (Å²) in [6, 6.07) is 6.28. The molecular weight excluding hydrogens is 252 g/mol. The number of hydrogen-bond acceptors (Lipinski definition) is 1. The van der Waals surface area contributed by atoms with Crippen LogP contribution in [-0.4, -0.2) is 11.5 Å². The number of nitrogens with two attached hydrogens (primary N) is 1. The second kappa shape index (κ2) is 3.65. The Kier molecular flexibility index (Phi) is 2.61. The minimum absolute atomic E-state index is 0.0199. The van der Waals surface area contributed by atoms with Crippen LogP contribution < -0.4 is 5.73 Å². The van der Waals surface area contributed by atoms with Gasteiger partial charge in [0.2, 0.25) is 0 Å². The molecule has 0 saturated heterocycles. The third kappa shape index (κ3) is 1.82. The quantitative estimate of drug-likeness (QED) is 0.862. The minimum Gasteiger partial charge on any atom is -0.361 e. The average Bonchev–Trinajstić information content (AvgIpc) is 2.61. The number of aromatic amines is 1. The Morgan fingerprint density at radius 2 is 2.13 bits per heavy atom. The van der Waals surface area contributed by atoms with E-state index in [1.165, 1.54) is 10.9 Å². The largest absolute Gasteiger partial charge is 0.361 e. The molecule has 0 radical (unpaired) electrons. The van der Waals surface area contributed by atoms with Crippen molar-refractivity contribution in [1.29, 1.82) is 0 Å². The molecule has 15 heavy (non-hydrogen) atoms. The SMILES string of the molecule is CC(C)(CN)c1c[nH]c2cc(Br)ccc12. The second-order valence-electron chi connectivity index (χ2n) is 4.48. The van der Waals surface area contributed by atoms with Crippen LogP contribution in [0.1, 0.15) is 19.4 Å². The number of fused-ring (bicyclic) bond motifs is 1. The van der Waals surface area contributed by atoms with E-state index in [0.717, 1.165) is 9.99 Å². The third-order valence-corrected chi connectivity index (χ3v) is 3.38. The highest BCUT2D eigenvalue weighted by Crippen LogP contribution is 2.30. The van der Waals surface area contributed by atoms with E-state index in [0.29, 0.717) is 6.54 Å². The number of hydrogen-bond donors (Lipinski definition) is 2. The van der Waals surface area contributed by atoms with E-state index in [4.69, 9.17) is 5.73 Å². The highest BCUT2D eigenvalue weighted by Gasteiger charge is 2.21. The van der Waals surface area contributed by atoms with Crippen LogP contribution in [0, 0.1) is 0 Å². The minimum atomic E-state index is 0.0199. The molecule has 0 spiro atoms. The van der Waals surface area contributed by atoms with Crippen molar-refractivity contribution in [3.8, 4) is 0 Å². The van der Waals surface area contributed by atoms with E-state index >= 15 is 0 Å². The van der Waals surface area contributed by atoms with E-state index in [1.807, 2.05) is 0 Å². The van der Waals surface area contributed by atoms with Gasteiger partial charge in [0.1, 0.15) is 0 Å². The maximum absolute atomic E-state index is 5.80. The molecule has 0 aliphatic carbocycles. The number of nitrogens with one attached hydrogen (secondary N) is 1. The summed E-state index contributed by atoms with van der Waals surface area (Å²) >= 11 is 3.46. The van der Waals surface area contributed by atoms with Crippen LogP contribution in [0.25, 0.3) is 10.9 Å². The van der Waals surface area contributed by atoms with Crippen molar-refractivity contribution in [2.24, 2.45) is 5.73 Å². The Hall–Kier alpha value is -0.800. The maximum atomic E-state index is 5.80. The van der Waals surface area contributed by atoms with Crippen molar-refractivity contribution in [2.45, 2.75) is 19.3 Å².